The van der Waals surface area contributed by atoms with Gasteiger partial charge >= 0.3 is 0 Å². The predicted octanol–water partition coefficient (Wildman–Crippen LogP) is 2.85. The van der Waals surface area contributed by atoms with Crippen molar-refractivity contribution in [1.82, 2.24) is 24.7 Å². The van der Waals surface area contributed by atoms with Gasteiger partial charge in [-0.2, -0.15) is 0 Å². The van der Waals surface area contributed by atoms with E-state index in [1.165, 1.54) is 23.5 Å². The number of rotatable bonds is 7. The molecule has 9 heteroatoms. The summed E-state index contributed by atoms with van der Waals surface area (Å²) in [6.07, 6.45) is 0. The minimum atomic E-state index is -0.391. The van der Waals surface area contributed by atoms with Gasteiger partial charge in [-0.3, -0.25) is 9.36 Å². The van der Waals surface area contributed by atoms with Crippen molar-refractivity contribution >= 4 is 29.4 Å². The molecule has 0 saturated heterocycles. The van der Waals surface area contributed by atoms with Gasteiger partial charge in [0.25, 0.3) is 0 Å². The normalized spacial score (nSPS) is 10.9. The lowest BCUT2D eigenvalue weighted by Gasteiger charge is -2.10. The molecule has 0 unspecified atom stereocenters. The second-order valence-electron chi connectivity index (χ2n) is 6.05. The molecule has 0 aliphatic rings. The number of carbonyl (C=O) groups is 1. The minimum absolute atomic E-state index is 0.150. The SMILES string of the molecule is Cc1ccc(-n2c(CSc3nc(C)cc(C)n3)nnc2SCC(N)=O)cc1. The number of hydrogen-bond donors (Lipinski definition) is 1. The first kappa shape index (κ1) is 19.4. The lowest BCUT2D eigenvalue weighted by Crippen LogP contribution is -2.14. The van der Waals surface area contributed by atoms with Gasteiger partial charge in [0.05, 0.1) is 11.5 Å². The van der Waals surface area contributed by atoms with Gasteiger partial charge in [0.2, 0.25) is 5.91 Å². The number of aryl methyl sites for hydroxylation is 3. The predicted molar refractivity (Wildman–Crippen MR) is 107 cm³/mol. The highest BCUT2D eigenvalue weighted by molar-refractivity contribution is 7.99. The van der Waals surface area contributed by atoms with Crippen LogP contribution in [-0.4, -0.2) is 36.4 Å². The first-order valence-corrected chi connectivity index (χ1v) is 10.3. The van der Waals surface area contributed by atoms with E-state index in [2.05, 4.69) is 20.2 Å². The van der Waals surface area contributed by atoms with E-state index in [0.717, 1.165) is 28.5 Å². The van der Waals surface area contributed by atoms with E-state index in [9.17, 15) is 4.79 Å². The van der Waals surface area contributed by atoms with Crippen molar-refractivity contribution in [2.45, 2.75) is 36.8 Å². The van der Waals surface area contributed by atoms with Crippen molar-refractivity contribution in [2.24, 2.45) is 5.73 Å². The molecule has 0 bridgehead atoms. The maximum atomic E-state index is 11.2. The van der Waals surface area contributed by atoms with Gasteiger partial charge < -0.3 is 5.73 Å². The number of benzene rings is 1. The second-order valence-corrected chi connectivity index (χ2v) is 7.93. The average molecular weight is 401 g/mol. The smallest absolute Gasteiger partial charge is 0.227 e. The van der Waals surface area contributed by atoms with Gasteiger partial charge in [-0.1, -0.05) is 41.2 Å². The highest BCUT2D eigenvalue weighted by Gasteiger charge is 2.16. The Hall–Kier alpha value is -2.39. The van der Waals surface area contributed by atoms with Crippen molar-refractivity contribution in [3.05, 3.63) is 53.1 Å². The molecule has 1 aromatic carbocycles. The number of primary amides is 1. The van der Waals surface area contributed by atoms with Crippen LogP contribution in [0.1, 0.15) is 22.8 Å². The molecule has 2 N–H and O–H groups in total. The molecule has 0 atom stereocenters. The highest BCUT2D eigenvalue weighted by atomic mass is 32.2. The van der Waals surface area contributed by atoms with Crippen LogP contribution in [0.5, 0.6) is 0 Å². The number of amides is 1. The number of nitrogens with zero attached hydrogens (tertiary/aromatic N) is 5. The van der Waals surface area contributed by atoms with Crippen LogP contribution >= 0.6 is 23.5 Å². The number of hydrogen-bond acceptors (Lipinski definition) is 7. The zero-order valence-corrected chi connectivity index (χ0v) is 17.0. The third kappa shape index (κ3) is 5.08. The van der Waals surface area contributed by atoms with Crippen LogP contribution in [0.4, 0.5) is 0 Å². The largest absolute Gasteiger partial charge is 0.369 e. The maximum absolute atomic E-state index is 11.2. The summed E-state index contributed by atoms with van der Waals surface area (Å²) in [6.45, 7) is 5.94. The standard InChI is InChI=1S/C18H20N6OS2/c1-11-4-6-14(7-5-11)24-16(22-23-18(24)27-9-15(19)25)10-26-17-20-12(2)8-13(3)21-17/h4-8H,9-10H2,1-3H3,(H2,19,25). The summed E-state index contributed by atoms with van der Waals surface area (Å²) in [6, 6.07) is 10.0. The van der Waals surface area contributed by atoms with E-state index in [-0.39, 0.29) is 5.75 Å². The van der Waals surface area contributed by atoms with E-state index < -0.39 is 5.91 Å². The fourth-order valence-electron chi connectivity index (χ4n) is 2.46. The summed E-state index contributed by atoms with van der Waals surface area (Å²) >= 11 is 2.78. The number of aromatic nitrogens is 5. The lowest BCUT2D eigenvalue weighted by atomic mass is 10.2. The van der Waals surface area contributed by atoms with Crippen LogP contribution in [0, 0.1) is 20.8 Å². The monoisotopic (exact) mass is 400 g/mol. The summed E-state index contributed by atoms with van der Waals surface area (Å²) in [4.78, 5) is 20.1. The van der Waals surface area contributed by atoms with Crippen LogP contribution in [-0.2, 0) is 10.5 Å². The van der Waals surface area contributed by atoms with Gasteiger partial charge in [0, 0.05) is 17.1 Å². The van der Waals surface area contributed by atoms with Crippen LogP contribution in [0.15, 0.2) is 40.6 Å². The van der Waals surface area contributed by atoms with Crippen molar-refractivity contribution in [3.63, 3.8) is 0 Å². The molecule has 0 saturated carbocycles. The van der Waals surface area contributed by atoms with E-state index in [1.54, 1.807) is 0 Å². The van der Waals surface area contributed by atoms with E-state index in [4.69, 9.17) is 5.73 Å². The van der Waals surface area contributed by atoms with Crippen molar-refractivity contribution in [1.29, 1.82) is 0 Å². The Morgan fingerprint density at radius 1 is 1.04 bits per heavy atom. The van der Waals surface area contributed by atoms with E-state index in [1.807, 2.05) is 55.7 Å². The van der Waals surface area contributed by atoms with Crippen LogP contribution in [0.25, 0.3) is 5.69 Å². The minimum Gasteiger partial charge on any atom is -0.369 e. The third-order valence-electron chi connectivity index (χ3n) is 3.63. The van der Waals surface area contributed by atoms with Gasteiger partial charge in [-0.15, -0.1) is 10.2 Å². The quantitative estimate of drug-likeness (QED) is 0.481. The molecule has 7 nitrogen and oxygen atoms in total. The third-order valence-corrected chi connectivity index (χ3v) is 5.42. The zero-order chi connectivity index (χ0) is 19.4. The molecule has 0 fully saturated rings. The Bertz CT molecular complexity index is 935. The van der Waals surface area contributed by atoms with Gasteiger partial charge in [-0.05, 0) is 39.0 Å². The highest BCUT2D eigenvalue weighted by Crippen LogP contribution is 2.26. The Balaban J connectivity index is 1.89. The van der Waals surface area contributed by atoms with Crippen molar-refractivity contribution < 1.29 is 4.79 Å². The molecule has 1 amide bonds. The van der Waals surface area contributed by atoms with Gasteiger partial charge in [0.1, 0.15) is 5.82 Å². The molecule has 0 spiro atoms. The lowest BCUT2D eigenvalue weighted by molar-refractivity contribution is -0.115. The fraction of sp³-hybridized carbons (Fsp3) is 0.278. The summed E-state index contributed by atoms with van der Waals surface area (Å²) in [5.41, 5.74) is 9.25. The van der Waals surface area contributed by atoms with Crippen LogP contribution < -0.4 is 5.73 Å². The summed E-state index contributed by atoms with van der Waals surface area (Å²) in [5.74, 6) is 1.08. The molecule has 3 aromatic rings. The molecule has 2 aromatic heterocycles. The number of thioether (sulfide) groups is 2. The summed E-state index contributed by atoms with van der Waals surface area (Å²) in [7, 11) is 0. The first-order valence-electron chi connectivity index (χ1n) is 8.30. The molecule has 2 heterocycles. The molecule has 0 aliphatic heterocycles. The molecule has 3 rings (SSSR count). The Labute approximate surface area is 166 Å². The van der Waals surface area contributed by atoms with E-state index in [0.29, 0.717) is 16.1 Å². The van der Waals surface area contributed by atoms with Crippen molar-refractivity contribution in [3.8, 4) is 5.69 Å². The van der Waals surface area contributed by atoms with Crippen LogP contribution in [0.2, 0.25) is 0 Å². The Kier molecular flexibility index (Phi) is 6.12. The van der Waals surface area contributed by atoms with Crippen molar-refractivity contribution in [2.75, 3.05) is 5.75 Å². The van der Waals surface area contributed by atoms with E-state index >= 15 is 0 Å². The Morgan fingerprint density at radius 3 is 2.33 bits per heavy atom. The zero-order valence-electron chi connectivity index (χ0n) is 15.3. The average Bonchev–Trinajstić information content (AvgIpc) is 3.01. The Morgan fingerprint density at radius 2 is 1.70 bits per heavy atom. The molecule has 27 heavy (non-hydrogen) atoms. The topological polar surface area (TPSA) is 99.6 Å². The van der Waals surface area contributed by atoms with Crippen LogP contribution in [0.3, 0.4) is 0 Å². The molecular weight excluding hydrogens is 380 g/mol. The molecule has 140 valence electrons. The second kappa shape index (κ2) is 8.53. The summed E-state index contributed by atoms with van der Waals surface area (Å²) in [5, 5.41) is 9.90. The first-order chi connectivity index (χ1) is 12.9. The van der Waals surface area contributed by atoms with Gasteiger partial charge in [-0.25, -0.2) is 9.97 Å². The molecular formula is C18H20N6OS2. The number of nitrogens with two attached hydrogens (primary N) is 1. The summed E-state index contributed by atoms with van der Waals surface area (Å²) < 4.78 is 1.95. The maximum Gasteiger partial charge on any atom is 0.227 e. The number of carbonyl (C=O) groups excluding carboxylic acids is 1. The van der Waals surface area contributed by atoms with Gasteiger partial charge in [0.15, 0.2) is 10.3 Å². The molecule has 0 aliphatic carbocycles. The molecule has 0 radical (unpaired) electrons. The fourth-order valence-corrected chi connectivity index (χ4v) is 4.04.